The molecule has 2 aromatic carbocycles. The van der Waals surface area contributed by atoms with Gasteiger partial charge in [0.1, 0.15) is 6.04 Å². The van der Waals surface area contributed by atoms with Crippen molar-refractivity contribution < 1.29 is 19.1 Å². The van der Waals surface area contributed by atoms with Gasteiger partial charge in [-0.15, -0.1) is 0 Å². The molecule has 0 unspecified atom stereocenters. The summed E-state index contributed by atoms with van der Waals surface area (Å²) in [5.41, 5.74) is 4.79. The van der Waals surface area contributed by atoms with Crippen LogP contribution in [0.4, 0.5) is 0 Å². The number of carbonyl (C=O) groups excluding carboxylic acids is 2. The maximum atomic E-state index is 13.7. The Kier molecular flexibility index (Phi) is 4.39. The van der Waals surface area contributed by atoms with Crippen molar-refractivity contribution in [1.82, 2.24) is 24.8 Å². The van der Waals surface area contributed by atoms with Crippen LogP contribution in [0, 0.1) is 0 Å². The fourth-order valence-corrected chi connectivity index (χ4v) is 5.62. The average molecular weight is 470 g/mol. The van der Waals surface area contributed by atoms with Gasteiger partial charge in [-0.2, -0.15) is 0 Å². The van der Waals surface area contributed by atoms with Crippen LogP contribution in [0.15, 0.2) is 55.0 Å². The van der Waals surface area contributed by atoms with E-state index in [2.05, 4.69) is 21.0 Å². The van der Waals surface area contributed by atoms with Gasteiger partial charge in [-0.25, -0.2) is 4.98 Å². The van der Waals surface area contributed by atoms with E-state index in [4.69, 9.17) is 9.47 Å². The number of aromatic amines is 2. The summed E-state index contributed by atoms with van der Waals surface area (Å²) >= 11 is 0. The van der Waals surface area contributed by atoms with Crippen molar-refractivity contribution in [3.63, 3.8) is 0 Å². The Balaban J connectivity index is 1.32. The normalized spacial score (nSPS) is 20.9. The molecule has 1 saturated heterocycles. The predicted molar refractivity (Wildman–Crippen MR) is 126 cm³/mol. The molecular weight excluding hydrogens is 446 g/mol. The molecule has 0 bridgehead atoms. The molecule has 0 radical (unpaired) electrons. The maximum Gasteiger partial charge on any atom is 0.246 e. The third-order valence-corrected chi connectivity index (χ3v) is 7.25. The van der Waals surface area contributed by atoms with Crippen molar-refractivity contribution in [2.75, 3.05) is 19.9 Å². The highest BCUT2D eigenvalue weighted by molar-refractivity contribution is 5.97. The van der Waals surface area contributed by atoms with Crippen LogP contribution in [-0.4, -0.2) is 62.5 Å². The lowest BCUT2D eigenvalue weighted by molar-refractivity contribution is -0.158. The van der Waals surface area contributed by atoms with Crippen molar-refractivity contribution in [2.24, 2.45) is 0 Å². The minimum Gasteiger partial charge on any atom is -0.454 e. The van der Waals surface area contributed by atoms with E-state index >= 15 is 0 Å². The highest BCUT2D eigenvalue weighted by Crippen LogP contribution is 2.44. The second-order valence-corrected chi connectivity index (χ2v) is 9.17. The van der Waals surface area contributed by atoms with E-state index in [9.17, 15) is 9.59 Å². The molecule has 2 amide bonds. The van der Waals surface area contributed by atoms with Crippen LogP contribution in [0.25, 0.3) is 10.9 Å². The molecule has 3 aliphatic heterocycles. The second-order valence-electron chi connectivity index (χ2n) is 9.17. The molecule has 35 heavy (non-hydrogen) atoms. The third kappa shape index (κ3) is 3.11. The van der Waals surface area contributed by atoms with E-state index < -0.39 is 12.1 Å². The summed E-state index contributed by atoms with van der Waals surface area (Å²) in [7, 11) is 0. The number of benzene rings is 2. The Hall–Kier alpha value is -4.27. The van der Waals surface area contributed by atoms with Crippen LogP contribution in [0.2, 0.25) is 0 Å². The van der Waals surface area contributed by atoms with E-state index in [1.807, 2.05) is 42.6 Å². The number of amides is 2. The van der Waals surface area contributed by atoms with E-state index in [-0.39, 0.29) is 25.2 Å². The standard InChI is InChI=1S/C26H23N5O4/c32-23-12-30(8-7-16-11-27-13-28-16)26(33)20-10-18-17-3-1-2-4-19(17)29-24(18)25(31(20)23)15-5-6-21-22(9-15)35-14-34-21/h1-6,9,11,13,20,25,29H,7-8,10,12,14H2,(H,27,28)/t20-,25-/m1/s1. The zero-order chi connectivity index (χ0) is 23.5. The summed E-state index contributed by atoms with van der Waals surface area (Å²) in [6, 6.07) is 12.8. The first-order chi connectivity index (χ1) is 17.2. The molecule has 5 heterocycles. The first-order valence-corrected chi connectivity index (χ1v) is 11.7. The van der Waals surface area contributed by atoms with Gasteiger partial charge < -0.3 is 29.2 Å². The first kappa shape index (κ1) is 20.1. The number of ether oxygens (including phenoxy) is 2. The van der Waals surface area contributed by atoms with Gasteiger partial charge in [-0.1, -0.05) is 24.3 Å². The molecule has 176 valence electrons. The maximum absolute atomic E-state index is 13.7. The van der Waals surface area contributed by atoms with Crippen LogP contribution < -0.4 is 9.47 Å². The number of imidazole rings is 1. The lowest BCUT2D eigenvalue weighted by Gasteiger charge is -2.47. The molecule has 4 aromatic rings. The molecule has 9 heteroatoms. The summed E-state index contributed by atoms with van der Waals surface area (Å²) in [6.45, 7) is 0.682. The van der Waals surface area contributed by atoms with Crippen LogP contribution in [0.5, 0.6) is 11.5 Å². The van der Waals surface area contributed by atoms with Crippen molar-refractivity contribution in [3.05, 3.63) is 77.5 Å². The lowest BCUT2D eigenvalue weighted by atomic mass is 9.86. The fraction of sp³-hybridized carbons (Fsp3) is 0.269. The van der Waals surface area contributed by atoms with Crippen LogP contribution >= 0.6 is 0 Å². The summed E-state index contributed by atoms with van der Waals surface area (Å²) < 4.78 is 11.1. The van der Waals surface area contributed by atoms with E-state index in [1.54, 1.807) is 16.1 Å². The summed E-state index contributed by atoms with van der Waals surface area (Å²) in [5, 5.41) is 1.08. The Morgan fingerprint density at radius 1 is 1.09 bits per heavy atom. The van der Waals surface area contributed by atoms with Gasteiger partial charge in [0.15, 0.2) is 11.5 Å². The lowest BCUT2D eigenvalue weighted by Crippen LogP contribution is -2.63. The number of carbonyl (C=O) groups is 2. The topological polar surface area (TPSA) is 104 Å². The number of nitrogens with zero attached hydrogens (tertiary/aromatic N) is 3. The Bertz CT molecular complexity index is 1460. The van der Waals surface area contributed by atoms with Gasteiger partial charge in [0, 0.05) is 42.2 Å². The molecule has 0 aliphatic carbocycles. The fourth-order valence-electron chi connectivity index (χ4n) is 5.62. The minimum atomic E-state index is -0.572. The van der Waals surface area contributed by atoms with Gasteiger partial charge >= 0.3 is 0 Å². The molecule has 2 N–H and O–H groups in total. The smallest absolute Gasteiger partial charge is 0.246 e. The Morgan fingerprint density at radius 3 is 2.86 bits per heavy atom. The molecule has 7 rings (SSSR count). The quantitative estimate of drug-likeness (QED) is 0.478. The number of para-hydroxylation sites is 1. The van der Waals surface area contributed by atoms with Gasteiger partial charge in [0.05, 0.1) is 24.6 Å². The van der Waals surface area contributed by atoms with Crippen molar-refractivity contribution in [3.8, 4) is 11.5 Å². The highest BCUT2D eigenvalue weighted by Gasteiger charge is 2.48. The summed E-state index contributed by atoms with van der Waals surface area (Å²) in [6.07, 6.45) is 4.51. The van der Waals surface area contributed by atoms with E-state index in [0.717, 1.165) is 33.4 Å². The molecule has 0 saturated carbocycles. The first-order valence-electron chi connectivity index (χ1n) is 11.7. The van der Waals surface area contributed by atoms with Gasteiger partial charge in [-0.05, 0) is 29.3 Å². The van der Waals surface area contributed by atoms with Crippen molar-refractivity contribution in [2.45, 2.75) is 24.9 Å². The number of hydrogen-bond acceptors (Lipinski definition) is 5. The molecule has 3 aliphatic rings. The average Bonchev–Trinajstić information content (AvgIpc) is 3.63. The Morgan fingerprint density at radius 2 is 1.97 bits per heavy atom. The zero-order valence-electron chi connectivity index (χ0n) is 18.9. The number of rotatable bonds is 4. The molecule has 0 spiro atoms. The zero-order valence-corrected chi connectivity index (χ0v) is 18.9. The molecule has 1 fully saturated rings. The second kappa shape index (κ2) is 7.63. The van der Waals surface area contributed by atoms with Crippen LogP contribution in [-0.2, 0) is 22.4 Å². The summed E-state index contributed by atoms with van der Waals surface area (Å²) in [4.78, 5) is 41.6. The SMILES string of the molecule is O=C1[C@H]2Cc3c([nH]c4ccccc34)[C@@H](c3ccc4c(c3)OCO4)N2C(=O)CN1CCc1c[nH]cn1. The number of H-pyrrole nitrogens is 2. The number of piperazine rings is 1. The molecule has 2 aromatic heterocycles. The van der Waals surface area contributed by atoms with Gasteiger partial charge in [0.25, 0.3) is 0 Å². The van der Waals surface area contributed by atoms with Crippen molar-refractivity contribution >= 4 is 22.7 Å². The number of aromatic nitrogens is 3. The third-order valence-electron chi connectivity index (χ3n) is 7.25. The van der Waals surface area contributed by atoms with Crippen LogP contribution in [0.3, 0.4) is 0 Å². The monoisotopic (exact) mass is 469 g/mol. The number of fused-ring (bicyclic) bond motifs is 5. The molecular formula is C26H23N5O4. The molecule has 9 nitrogen and oxygen atoms in total. The van der Waals surface area contributed by atoms with E-state index in [1.165, 1.54) is 0 Å². The van der Waals surface area contributed by atoms with Gasteiger partial charge in [-0.3, -0.25) is 9.59 Å². The van der Waals surface area contributed by atoms with Crippen LogP contribution in [0.1, 0.15) is 28.6 Å². The summed E-state index contributed by atoms with van der Waals surface area (Å²) in [5.74, 6) is 1.24. The number of hydrogen-bond donors (Lipinski definition) is 2. The van der Waals surface area contributed by atoms with E-state index in [0.29, 0.717) is 30.9 Å². The number of nitrogens with one attached hydrogen (secondary N) is 2. The highest BCUT2D eigenvalue weighted by atomic mass is 16.7. The Labute approximate surface area is 200 Å². The minimum absolute atomic E-state index is 0.0261. The molecule has 2 atom stereocenters. The van der Waals surface area contributed by atoms with Gasteiger partial charge in [0.2, 0.25) is 18.6 Å². The predicted octanol–water partition coefficient (Wildman–Crippen LogP) is 2.55. The van der Waals surface area contributed by atoms with Crippen molar-refractivity contribution in [1.29, 1.82) is 0 Å². The largest absolute Gasteiger partial charge is 0.454 e.